The Morgan fingerprint density at radius 3 is 2.62 bits per heavy atom. The lowest BCUT2D eigenvalue weighted by molar-refractivity contribution is -0.0152. The van der Waals surface area contributed by atoms with Crippen LogP contribution in [-0.2, 0) is 13.5 Å². The number of hydrogen-bond donors (Lipinski definition) is 1. The average molecular weight is 286 g/mol. The molecule has 1 saturated carbocycles. The van der Waals surface area contributed by atoms with Crippen LogP contribution >= 0.6 is 0 Å². The summed E-state index contributed by atoms with van der Waals surface area (Å²) < 4.78 is 1.92. The van der Waals surface area contributed by atoms with Crippen molar-refractivity contribution in [2.45, 2.75) is 51.6 Å². The molecule has 0 aliphatic heterocycles. The van der Waals surface area contributed by atoms with Gasteiger partial charge in [-0.3, -0.25) is 4.68 Å². The number of fused-ring (bicyclic) bond motifs is 1. The fraction of sp³-hybridized carbons (Fsp3) is 0.611. The number of hydrogen-bond acceptors (Lipinski definition) is 2. The van der Waals surface area contributed by atoms with Gasteiger partial charge in [-0.25, -0.2) is 0 Å². The van der Waals surface area contributed by atoms with Crippen molar-refractivity contribution in [2.75, 3.05) is 0 Å². The van der Waals surface area contributed by atoms with Crippen LogP contribution in [0.5, 0.6) is 0 Å². The Balaban J connectivity index is 1.79. The highest BCUT2D eigenvalue weighted by Crippen LogP contribution is 2.38. The predicted molar refractivity (Wildman–Crippen MR) is 86.2 cm³/mol. The van der Waals surface area contributed by atoms with Crippen LogP contribution in [0.25, 0.3) is 10.9 Å². The molecule has 3 heteroatoms. The molecule has 0 amide bonds. The Hall–Kier alpha value is -1.35. The maximum Gasteiger partial charge on any atom is 0.0731 e. The molecule has 0 unspecified atom stereocenters. The molecule has 21 heavy (non-hydrogen) atoms. The maximum atomic E-state index is 10.9. The molecular formula is C18H26N2O. The molecule has 0 atom stereocenters. The topological polar surface area (TPSA) is 38.1 Å². The lowest BCUT2D eigenvalue weighted by atomic mass is 9.73. The number of para-hydroxylation sites is 1. The molecule has 3 rings (SSSR count). The smallest absolute Gasteiger partial charge is 0.0731 e. The van der Waals surface area contributed by atoms with Crippen molar-refractivity contribution in [1.82, 2.24) is 9.78 Å². The van der Waals surface area contributed by atoms with E-state index in [0.29, 0.717) is 6.42 Å². The monoisotopic (exact) mass is 286 g/mol. The van der Waals surface area contributed by atoms with Gasteiger partial charge in [-0.15, -0.1) is 0 Å². The summed E-state index contributed by atoms with van der Waals surface area (Å²) in [6, 6.07) is 8.29. The van der Waals surface area contributed by atoms with E-state index in [2.05, 4.69) is 31.1 Å². The van der Waals surface area contributed by atoms with E-state index >= 15 is 0 Å². The average Bonchev–Trinajstić information content (AvgIpc) is 2.76. The van der Waals surface area contributed by atoms with Gasteiger partial charge in [0, 0.05) is 18.9 Å². The highest BCUT2D eigenvalue weighted by atomic mass is 16.3. The zero-order chi connectivity index (χ0) is 15.0. The van der Waals surface area contributed by atoms with Crippen LogP contribution in [0.4, 0.5) is 0 Å². The summed E-state index contributed by atoms with van der Waals surface area (Å²) in [6.07, 6.45) is 4.76. The molecule has 1 aliphatic carbocycles. The van der Waals surface area contributed by atoms with Gasteiger partial charge in [0.05, 0.1) is 16.8 Å². The van der Waals surface area contributed by atoms with Gasteiger partial charge < -0.3 is 5.11 Å². The first-order valence-corrected chi connectivity index (χ1v) is 8.11. The minimum absolute atomic E-state index is 0.567. The largest absolute Gasteiger partial charge is 0.389 e. The Kier molecular flexibility index (Phi) is 3.78. The molecule has 1 heterocycles. The summed E-state index contributed by atoms with van der Waals surface area (Å²) in [5.74, 6) is 1.50. The molecule has 0 bridgehead atoms. The van der Waals surface area contributed by atoms with Crippen LogP contribution in [-0.4, -0.2) is 20.5 Å². The van der Waals surface area contributed by atoms with Gasteiger partial charge in [0.15, 0.2) is 0 Å². The zero-order valence-corrected chi connectivity index (χ0v) is 13.3. The molecule has 0 spiro atoms. The van der Waals surface area contributed by atoms with E-state index in [0.717, 1.165) is 48.7 Å². The molecule has 3 nitrogen and oxygen atoms in total. The van der Waals surface area contributed by atoms with Crippen molar-refractivity contribution in [1.29, 1.82) is 0 Å². The van der Waals surface area contributed by atoms with E-state index in [4.69, 9.17) is 0 Å². The highest BCUT2D eigenvalue weighted by Gasteiger charge is 2.35. The van der Waals surface area contributed by atoms with Crippen LogP contribution in [0, 0.1) is 11.8 Å². The van der Waals surface area contributed by atoms with E-state index < -0.39 is 5.60 Å². The first-order valence-electron chi connectivity index (χ1n) is 8.11. The fourth-order valence-corrected chi connectivity index (χ4v) is 3.75. The quantitative estimate of drug-likeness (QED) is 0.934. The minimum atomic E-state index is -0.567. The Labute approximate surface area is 127 Å². The summed E-state index contributed by atoms with van der Waals surface area (Å²) >= 11 is 0. The van der Waals surface area contributed by atoms with E-state index in [9.17, 15) is 5.11 Å². The number of aromatic nitrogens is 2. The third-order valence-corrected chi connectivity index (χ3v) is 5.23. The molecule has 0 saturated heterocycles. The second kappa shape index (κ2) is 5.45. The Morgan fingerprint density at radius 1 is 1.29 bits per heavy atom. The molecule has 2 aromatic rings. The summed E-state index contributed by atoms with van der Waals surface area (Å²) in [4.78, 5) is 0. The molecular weight excluding hydrogens is 260 g/mol. The molecule has 0 radical (unpaired) electrons. The summed E-state index contributed by atoms with van der Waals surface area (Å²) in [7, 11) is 1.98. The summed E-state index contributed by atoms with van der Waals surface area (Å²) in [5.41, 5.74) is 1.62. The van der Waals surface area contributed by atoms with Crippen molar-refractivity contribution in [2.24, 2.45) is 18.9 Å². The number of nitrogens with zero attached hydrogens (tertiary/aromatic N) is 2. The third-order valence-electron chi connectivity index (χ3n) is 5.23. The van der Waals surface area contributed by atoms with Gasteiger partial charge in [-0.1, -0.05) is 32.0 Å². The standard InChI is InChI=1S/C18H26N2O/c1-13(2)14-8-10-18(21,11-9-14)12-16-15-6-4-5-7-17(15)20(3)19-16/h4-7,13-14,21H,8-12H2,1-3H3. The molecule has 1 aliphatic rings. The van der Waals surface area contributed by atoms with Gasteiger partial charge in [0.2, 0.25) is 0 Å². The van der Waals surface area contributed by atoms with E-state index in [-0.39, 0.29) is 0 Å². The van der Waals surface area contributed by atoms with E-state index in [1.165, 1.54) is 5.39 Å². The Morgan fingerprint density at radius 2 is 1.95 bits per heavy atom. The van der Waals surface area contributed by atoms with Crippen LogP contribution in [0.2, 0.25) is 0 Å². The van der Waals surface area contributed by atoms with Gasteiger partial charge in [0.25, 0.3) is 0 Å². The molecule has 1 N–H and O–H groups in total. The predicted octanol–water partition coefficient (Wildman–Crippen LogP) is 3.69. The lowest BCUT2D eigenvalue weighted by Crippen LogP contribution is -2.37. The summed E-state index contributed by atoms with van der Waals surface area (Å²) in [6.45, 7) is 4.59. The number of aryl methyl sites for hydroxylation is 1. The van der Waals surface area contributed by atoms with Crippen molar-refractivity contribution >= 4 is 10.9 Å². The van der Waals surface area contributed by atoms with Crippen molar-refractivity contribution in [3.05, 3.63) is 30.0 Å². The minimum Gasteiger partial charge on any atom is -0.389 e. The van der Waals surface area contributed by atoms with Crippen molar-refractivity contribution in [3.63, 3.8) is 0 Å². The first-order chi connectivity index (χ1) is 9.98. The summed E-state index contributed by atoms with van der Waals surface area (Å²) in [5, 5.41) is 16.8. The molecule has 1 aromatic heterocycles. The van der Waals surface area contributed by atoms with Crippen LogP contribution < -0.4 is 0 Å². The van der Waals surface area contributed by atoms with Crippen LogP contribution in [0.3, 0.4) is 0 Å². The fourth-order valence-electron chi connectivity index (χ4n) is 3.75. The maximum absolute atomic E-state index is 10.9. The number of aliphatic hydroxyl groups is 1. The van der Waals surface area contributed by atoms with Crippen LogP contribution in [0.1, 0.15) is 45.2 Å². The van der Waals surface area contributed by atoms with Crippen molar-refractivity contribution in [3.8, 4) is 0 Å². The normalized spacial score (nSPS) is 26.6. The molecule has 1 aromatic carbocycles. The SMILES string of the molecule is CC(C)C1CCC(O)(Cc2nn(C)c3ccccc23)CC1. The van der Waals surface area contributed by atoms with E-state index in [1.807, 2.05) is 23.9 Å². The molecule has 1 fully saturated rings. The second-order valence-electron chi connectivity index (χ2n) is 7.07. The van der Waals surface area contributed by atoms with E-state index in [1.54, 1.807) is 0 Å². The lowest BCUT2D eigenvalue weighted by Gasteiger charge is -2.37. The second-order valence-corrected chi connectivity index (χ2v) is 7.07. The third kappa shape index (κ3) is 2.84. The van der Waals surface area contributed by atoms with Gasteiger partial charge in [-0.2, -0.15) is 5.10 Å². The first kappa shape index (κ1) is 14.6. The van der Waals surface area contributed by atoms with Gasteiger partial charge in [-0.05, 0) is 43.6 Å². The highest BCUT2D eigenvalue weighted by molar-refractivity contribution is 5.81. The number of rotatable bonds is 3. The number of benzene rings is 1. The van der Waals surface area contributed by atoms with Crippen molar-refractivity contribution < 1.29 is 5.11 Å². The van der Waals surface area contributed by atoms with Gasteiger partial charge in [0.1, 0.15) is 0 Å². The zero-order valence-electron chi connectivity index (χ0n) is 13.3. The van der Waals surface area contributed by atoms with Crippen LogP contribution in [0.15, 0.2) is 24.3 Å². The van der Waals surface area contributed by atoms with Gasteiger partial charge >= 0.3 is 0 Å². The Bertz CT molecular complexity index is 621. The molecule has 114 valence electrons.